The monoisotopic (exact) mass is 123 g/mol. The normalized spacial score (nSPS) is 33.1. The fraction of sp³-hybridized carbons (Fsp3) is 0.500. The Labute approximate surface area is 56.2 Å². The summed E-state index contributed by atoms with van der Waals surface area (Å²) < 4.78 is 0. The lowest BCUT2D eigenvalue weighted by Crippen LogP contribution is -2.36. The second-order valence-electron chi connectivity index (χ2n) is 2.58. The van der Waals surface area contributed by atoms with Gasteiger partial charge in [-0.3, -0.25) is 0 Å². The first kappa shape index (κ1) is 6.56. The van der Waals surface area contributed by atoms with Gasteiger partial charge in [-0.05, 0) is 12.8 Å². The van der Waals surface area contributed by atoms with Crippen molar-refractivity contribution in [3.63, 3.8) is 0 Å². The molecule has 1 heteroatoms. The summed E-state index contributed by atoms with van der Waals surface area (Å²) in [7, 11) is 0. The zero-order valence-electron chi connectivity index (χ0n) is 5.80. The molecule has 0 unspecified atom stereocenters. The van der Waals surface area contributed by atoms with Gasteiger partial charge in [-0.2, -0.15) is 0 Å². The Bertz CT molecular complexity index is 147. The van der Waals surface area contributed by atoms with E-state index in [1.165, 1.54) is 0 Å². The minimum Gasteiger partial charge on any atom is -0.322 e. The maximum Gasteiger partial charge on any atom is 0.0374 e. The van der Waals surface area contributed by atoms with Crippen molar-refractivity contribution in [2.45, 2.75) is 25.3 Å². The Kier molecular flexibility index (Phi) is 1.72. The van der Waals surface area contributed by atoms with E-state index in [-0.39, 0.29) is 5.54 Å². The summed E-state index contributed by atoms with van der Waals surface area (Å²) in [6.45, 7) is 2.11. The van der Waals surface area contributed by atoms with E-state index in [4.69, 9.17) is 5.73 Å². The van der Waals surface area contributed by atoms with Crippen molar-refractivity contribution < 1.29 is 0 Å². The van der Waals surface area contributed by atoms with Gasteiger partial charge in [-0.1, -0.05) is 31.2 Å². The van der Waals surface area contributed by atoms with E-state index in [1.807, 2.05) is 12.2 Å². The lowest BCUT2D eigenvalue weighted by molar-refractivity contribution is 0.513. The van der Waals surface area contributed by atoms with Gasteiger partial charge in [-0.25, -0.2) is 0 Å². The maximum atomic E-state index is 5.92. The number of nitrogens with two attached hydrogens (primary N) is 1. The first-order valence-electron chi connectivity index (χ1n) is 3.40. The molecule has 0 aromatic carbocycles. The van der Waals surface area contributed by atoms with Crippen molar-refractivity contribution in [2.75, 3.05) is 0 Å². The Hall–Kier alpha value is -0.560. The molecule has 50 valence electrons. The summed E-state index contributed by atoms with van der Waals surface area (Å²) >= 11 is 0. The molecule has 0 heterocycles. The molecule has 1 atom stereocenters. The van der Waals surface area contributed by atoms with Gasteiger partial charge in [-0.15, -0.1) is 0 Å². The quantitative estimate of drug-likeness (QED) is 0.563. The SMILES string of the molecule is CC[C@]1(N)C=CC=CC1. The highest BCUT2D eigenvalue weighted by molar-refractivity contribution is 5.19. The number of allylic oxidation sites excluding steroid dienone is 2. The lowest BCUT2D eigenvalue weighted by atomic mass is 9.90. The van der Waals surface area contributed by atoms with Gasteiger partial charge in [0.25, 0.3) is 0 Å². The van der Waals surface area contributed by atoms with Crippen LogP contribution in [0.25, 0.3) is 0 Å². The lowest BCUT2D eigenvalue weighted by Gasteiger charge is -2.23. The van der Waals surface area contributed by atoms with Crippen molar-refractivity contribution in [1.29, 1.82) is 0 Å². The Morgan fingerprint density at radius 1 is 1.56 bits per heavy atom. The van der Waals surface area contributed by atoms with Crippen molar-refractivity contribution in [1.82, 2.24) is 0 Å². The van der Waals surface area contributed by atoms with Crippen LogP contribution < -0.4 is 5.73 Å². The van der Waals surface area contributed by atoms with Crippen LogP contribution >= 0.6 is 0 Å². The molecule has 0 saturated heterocycles. The molecule has 0 saturated carbocycles. The molecule has 1 rings (SSSR count). The number of hydrogen-bond donors (Lipinski definition) is 1. The third-order valence-electron chi connectivity index (χ3n) is 1.83. The molecule has 0 aliphatic heterocycles. The van der Waals surface area contributed by atoms with Crippen LogP contribution in [0.3, 0.4) is 0 Å². The van der Waals surface area contributed by atoms with Crippen LogP contribution in [0.2, 0.25) is 0 Å². The largest absolute Gasteiger partial charge is 0.322 e. The Morgan fingerprint density at radius 3 is 2.67 bits per heavy atom. The van der Waals surface area contributed by atoms with E-state index in [0.717, 1.165) is 12.8 Å². The summed E-state index contributed by atoms with van der Waals surface area (Å²) in [5.41, 5.74) is 5.87. The molecule has 1 nitrogen and oxygen atoms in total. The molecule has 0 fully saturated rings. The molecule has 0 aromatic rings. The van der Waals surface area contributed by atoms with Gasteiger partial charge >= 0.3 is 0 Å². The van der Waals surface area contributed by atoms with Gasteiger partial charge < -0.3 is 5.73 Å². The first-order chi connectivity index (χ1) is 4.27. The van der Waals surface area contributed by atoms with Crippen LogP contribution in [0.4, 0.5) is 0 Å². The maximum absolute atomic E-state index is 5.92. The van der Waals surface area contributed by atoms with E-state index in [9.17, 15) is 0 Å². The minimum absolute atomic E-state index is 0.0469. The van der Waals surface area contributed by atoms with Gasteiger partial charge in [0.2, 0.25) is 0 Å². The average molecular weight is 123 g/mol. The van der Waals surface area contributed by atoms with E-state index in [1.54, 1.807) is 0 Å². The van der Waals surface area contributed by atoms with Crippen molar-refractivity contribution in [3.05, 3.63) is 24.3 Å². The van der Waals surface area contributed by atoms with E-state index >= 15 is 0 Å². The van der Waals surface area contributed by atoms with E-state index in [2.05, 4.69) is 19.1 Å². The highest BCUT2D eigenvalue weighted by atomic mass is 14.7. The molecule has 0 radical (unpaired) electrons. The molecule has 1 aliphatic carbocycles. The zero-order valence-corrected chi connectivity index (χ0v) is 5.80. The smallest absolute Gasteiger partial charge is 0.0374 e. The van der Waals surface area contributed by atoms with Crippen LogP contribution in [0.15, 0.2) is 24.3 Å². The molecule has 0 aromatic heterocycles. The van der Waals surface area contributed by atoms with Crippen LogP contribution in [-0.4, -0.2) is 5.54 Å². The van der Waals surface area contributed by atoms with Gasteiger partial charge in [0.05, 0.1) is 0 Å². The van der Waals surface area contributed by atoms with Crippen LogP contribution in [0, 0.1) is 0 Å². The molecule has 0 spiro atoms. The molecule has 9 heavy (non-hydrogen) atoms. The number of hydrogen-bond acceptors (Lipinski definition) is 1. The predicted octanol–water partition coefficient (Wildman–Crippen LogP) is 1.61. The highest BCUT2D eigenvalue weighted by Crippen LogP contribution is 2.17. The highest BCUT2D eigenvalue weighted by Gasteiger charge is 2.17. The Balaban J connectivity index is 2.63. The Morgan fingerprint density at radius 2 is 2.33 bits per heavy atom. The topological polar surface area (TPSA) is 26.0 Å². The summed E-state index contributed by atoms with van der Waals surface area (Å²) in [5, 5.41) is 0. The van der Waals surface area contributed by atoms with Crippen molar-refractivity contribution in [3.8, 4) is 0 Å². The molecule has 1 aliphatic rings. The molecule has 0 bridgehead atoms. The summed E-state index contributed by atoms with van der Waals surface area (Å²) in [6, 6.07) is 0. The van der Waals surface area contributed by atoms with Crippen LogP contribution in [0.5, 0.6) is 0 Å². The minimum atomic E-state index is -0.0469. The zero-order chi connectivity index (χ0) is 6.74. The average Bonchev–Trinajstić information content (AvgIpc) is 1.90. The molecule has 0 amide bonds. The third kappa shape index (κ3) is 1.42. The van der Waals surface area contributed by atoms with Gasteiger partial charge in [0, 0.05) is 5.54 Å². The standard InChI is InChI=1S/C8H13N/c1-2-8(9)6-4-3-5-7-8/h3-6H,2,7,9H2,1H3/t8-/m0/s1. The van der Waals surface area contributed by atoms with Crippen molar-refractivity contribution in [2.24, 2.45) is 5.73 Å². The summed E-state index contributed by atoms with van der Waals surface area (Å²) in [6.07, 6.45) is 10.3. The molecule has 2 N–H and O–H groups in total. The van der Waals surface area contributed by atoms with Gasteiger partial charge in [0.15, 0.2) is 0 Å². The van der Waals surface area contributed by atoms with Crippen molar-refractivity contribution >= 4 is 0 Å². The second kappa shape index (κ2) is 2.36. The number of rotatable bonds is 1. The predicted molar refractivity (Wildman–Crippen MR) is 40.1 cm³/mol. The van der Waals surface area contributed by atoms with Gasteiger partial charge in [0.1, 0.15) is 0 Å². The van der Waals surface area contributed by atoms with Crippen LogP contribution in [-0.2, 0) is 0 Å². The van der Waals surface area contributed by atoms with Crippen LogP contribution in [0.1, 0.15) is 19.8 Å². The second-order valence-corrected chi connectivity index (χ2v) is 2.58. The third-order valence-corrected chi connectivity index (χ3v) is 1.83. The fourth-order valence-corrected chi connectivity index (χ4v) is 0.943. The van der Waals surface area contributed by atoms with E-state index in [0.29, 0.717) is 0 Å². The summed E-state index contributed by atoms with van der Waals surface area (Å²) in [5.74, 6) is 0. The summed E-state index contributed by atoms with van der Waals surface area (Å²) in [4.78, 5) is 0. The first-order valence-corrected chi connectivity index (χ1v) is 3.40. The molecular weight excluding hydrogens is 110 g/mol. The van der Waals surface area contributed by atoms with E-state index < -0.39 is 0 Å². The fourth-order valence-electron chi connectivity index (χ4n) is 0.943. The molecular formula is C8H13N.